The molecule has 0 aliphatic heterocycles. The van der Waals surface area contributed by atoms with E-state index < -0.39 is 5.41 Å². The summed E-state index contributed by atoms with van der Waals surface area (Å²) in [6.07, 6.45) is 6.39. The maximum Gasteiger partial charge on any atom is 0.170 e. The SMILES string of the molecule is CC1(C(=O)c2cccc3cnccc23)CCCC1N. The average molecular weight is 254 g/mol. The van der Waals surface area contributed by atoms with Gasteiger partial charge in [0.2, 0.25) is 0 Å². The molecule has 3 heteroatoms. The van der Waals surface area contributed by atoms with E-state index in [1.54, 1.807) is 12.4 Å². The molecule has 0 radical (unpaired) electrons. The molecule has 3 nitrogen and oxygen atoms in total. The van der Waals surface area contributed by atoms with Gasteiger partial charge in [-0.2, -0.15) is 0 Å². The number of nitrogens with zero attached hydrogens (tertiary/aromatic N) is 1. The smallest absolute Gasteiger partial charge is 0.170 e. The van der Waals surface area contributed by atoms with Crippen molar-refractivity contribution in [3.8, 4) is 0 Å². The molecule has 1 saturated carbocycles. The van der Waals surface area contributed by atoms with Crippen LogP contribution in [0.3, 0.4) is 0 Å². The van der Waals surface area contributed by atoms with Gasteiger partial charge in [-0.05, 0) is 24.3 Å². The summed E-state index contributed by atoms with van der Waals surface area (Å²) in [5.74, 6) is 0.175. The number of aromatic nitrogens is 1. The quantitative estimate of drug-likeness (QED) is 0.838. The van der Waals surface area contributed by atoms with E-state index in [4.69, 9.17) is 5.73 Å². The predicted molar refractivity (Wildman–Crippen MR) is 76.0 cm³/mol. The lowest BCUT2D eigenvalue weighted by Gasteiger charge is -2.27. The highest BCUT2D eigenvalue weighted by Gasteiger charge is 2.43. The Morgan fingerprint density at radius 2 is 2.26 bits per heavy atom. The van der Waals surface area contributed by atoms with Crippen molar-refractivity contribution in [2.45, 2.75) is 32.2 Å². The fourth-order valence-electron chi connectivity index (χ4n) is 3.10. The molecule has 2 aromatic rings. The zero-order valence-electron chi connectivity index (χ0n) is 11.1. The fourth-order valence-corrected chi connectivity index (χ4v) is 3.10. The third-order valence-corrected chi connectivity index (χ3v) is 4.47. The van der Waals surface area contributed by atoms with E-state index in [0.717, 1.165) is 35.6 Å². The number of hydrogen-bond donors (Lipinski definition) is 1. The molecule has 0 saturated heterocycles. The van der Waals surface area contributed by atoms with E-state index in [1.807, 2.05) is 31.2 Å². The highest BCUT2D eigenvalue weighted by atomic mass is 16.1. The molecule has 3 rings (SSSR count). The molecule has 2 N–H and O–H groups in total. The molecule has 2 unspecified atom stereocenters. The summed E-state index contributed by atoms with van der Waals surface area (Å²) in [5.41, 5.74) is 6.52. The van der Waals surface area contributed by atoms with Crippen LogP contribution < -0.4 is 5.73 Å². The number of Topliss-reactive ketones (excluding diaryl/α,β-unsaturated/α-hetero) is 1. The number of carbonyl (C=O) groups is 1. The number of nitrogens with two attached hydrogens (primary N) is 1. The van der Waals surface area contributed by atoms with Crippen molar-refractivity contribution in [1.82, 2.24) is 4.98 Å². The van der Waals surface area contributed by atoms with Crippen LogP contribution in [0.25, 0.3) is 10.8 Å². The molecule has 1 fully saturated rings. The van der Waals surface area contributed by atoms with Gasteiger partial charge in [0.25, 0.3) is 0 Å². The zero-order valence-corrected chi connectivity index (χ0v) is 11.1. The zero-order chi connectivity index (χ0) is 13.5. The van der Waals surface area contributed by atoms with Gasteiger partial charge in [-0.3, -0.25) is 9.78 Å². The number of hydrogen-bond acceptors (Lipinski definition) is 3. The van der Waals surface area contributed by atoms with Crippen LogP contribution >= 0.6 is 0 Å². The Balaban J connectivity index is 2.12. The van der Waals surface area contributed by atoms with E-state index >= 15 is 0 Å². The third-order valence-electron chi connectivity index (χ3n) is 4.47. The average Bonchev–Trinajstić information content (AvgIpc) is 2.78. The standard InChI is InChI=1S/C16H18N2O/c1-16(8-3-6-14(16)17)15(19)13-5-2-4-11-10-18-9-7-12(11)13/h2,4-5,7,9-10,14H,3,6,8,17H2,1H3. The van der Waals surface area contributed by atoms with Gasteiger partial charge in [-0.1, -0.05) is 31.5 Å². The van der Waals surface area contributed by atoms with Crippen molar-refractivity contribution < 1.29 is 4.79 Å². The number of pyridine rings is 1. The van der Waals surface area contributed by atoms with Gasteiger partial charge < -0.3 is 5.73 Å². The van der Waals surface area contributed by atoms with Gasteiger partial charge in [-0.25, -0.2) is 0 Å². The Labute approximate surface area is 112 Å². The molecule has 1 heterocycles. The first kappa shape index (κ1) is 12.3. The monoisotopic (exact) mass is 254 g/mol. The van der Waals surface area contributed by atoms with Crippen LogP contribution in [0, 0.1) is 5.41 Å². The minimum absolute atomic E-state index is 0.0305. The Kier molecular flexibility index (Phi) is 2.86. The summed E-state index contributed by atoms with van der Waals surface area (Å²) in [6.45, 7) is 2.01. The molecule has 19 heavy (non-hydrogen) atoms. The van der Waals surface area contributed by atoms with Gasteiger partial charge in [0, 0.05) is 34.8 Å². The summed E-state index contributed by atoms with van der Waals surface area (Å²) >= 11 is 0. The molecule has 0 spiro atoms. The second kappa shape index (κ2) is 4.42. The van der Waals surface area contributed by atoms with Gasteiger partial charge in [0.1, 0.15) is 0 Å². The maximum absolute atomic E-state index is 12.9. The van der Waals surface area contributed by atoms with Crippen molar-refractivity contribution in [3.05, 3.63) is 42.2 Å². The normalized spacial score (nSPS) is 26.7. The van der Waals surface area contributed by atoms with Crippen LogP contribution in [-0.2, 0) is 0 Å². The second-order valence-corrected chi connectivity index (χ2v) is 5.65. The van der Waals surface area contributed by atoms with Crippen molar-refractivity contribution in [3.63, 3.8) is 0 Å². The van der Waals surface area contributed by atoms with Crippen molar-refractivity contribution >= 4 is 16.6 Å². The first-order valence-corrected chi connectivity index (χ1v) is 6.76. The molecule has 2 atom stereocenters. The van der Waals surface area contributed by atoms with Crippen molar-refractivity contribution in [2.24, 2.45) is 11.1 Å². The largest absolute Gasteiger partial charge is 0.327 e. The lowest BCUT2D eigenvalue weighted by Crippen LogP contribution is -2.41. The summed E-state index contributed by atoms with van der Waals surface area (Å²) in [5, 5.41) is 1.98. The first-order valence-electron chi connectivity index (χ1n) is 6.76. The van der Waals surface area contributed by atoms with E-state index in [0.29, 0.717) is 0 Å². The Morgan fingerprint density at radius 1 is 1.42 bits per heavy atom. The minimum Gasteiger partial charge on any atom is -0.327 e. The molecule has 0 bridgehead atoms. The molecular weight excluding hydrogens is 236 g/mol. The van der Waals surface area contributed by atoms with Gasteiger partial charge in [0.05, 0.1) is 0 Å². The van der Waals surface area contributed by atoms with E-state index in [2.05, 4.69) is 4.98 Å². The topological polar surface area (TPSA) is 56.0 Å². The second-order valence-electron chi connectivity index (χ2n) is 5.65. The molecule has 1 aromatic carbocycles. The van der Waals surface area contributed by atoms with Crippen LogP contribution in [0.2, 0.25) is 0 Å². The number of carbonyl (C=O) groups excluding carboxylic acids is 1. The van der Waals surface area contributed by atoms with Crippen LogP contribution in [0.15, 0.2) is 36.7 Å². The third kappa shape index (κ3) is 1.85. The van der Waals surface area contributed by atoms with Gasteiger partial charge in [-0.15, -0.1) is 0 Å². The van der Waals surface area contributed by atoms with Crippen LogP contribution in [0.5, 0.6) is 0 Å². The lowest BCUT2D eigenvalue weighted by atomic mass is 9.77. The number of fused-ring (bicyclic) bond motifs is 1. The Bertz CT molecular complexity index is 632. The van der Waals surface area contributed by atoms with E-state index in [1.165, 1.54) is 0 Å². The summed E-state index contributed by atoms with van der Waals surface area (Å²) in [7, 11) is 0. The van der Waals surface area contributed by atoms with Gasteiger partial charge in [0.15, 0.2) is 5.78 Å². The molecule has 1 aliphatic carbocycles. The van der Waals surface area contributed by atoms with Crippen molar-refractivity contribution in [2.75, 3.05) is 0 Å². The molecule has 0 amide bonds. The number of rotatable bonds is 2. The Morgan fingerprint density at radius 3 is 3.00 bits per heavy atom. The molecule has 1 aromatic heterocycles. The molecule has 1 aliphatic rings. The number of ketones is 1. The van der Waals surface area contributed by atoms with Crippen molar-refractivity contribution in [1.29, 1.82) is 0 Å². The maximum atomic E-state index is 12.9. The van der Waals surface area contributed by atoms with E-state index in [9.17, 15) is 4.79 Å². The summed E-state index contributed by atoms with van der Waals surface area (Å²) < 4.78 is 0. The first-order chi connectivity index (χ1) is 9.13. The fraction of sp³-hybridized carbons (Fsp3) is 0.375. The summed E-state index contributed by atoms with van der Waals surface area (Å²) in [6, 6.07) is 7.68. The van der Waals surface area contributed by atoms with Gasteiger partial charge >= 0.3 is 0 Å². The van der Waals surface area contributed by atoms with Crippen LogP contribution in [-0.4, -0.2) is 16.8 Å². The molecular formula is C16H18N2O. The minimum atomic E-state index is -0.419. The lowest BCUT2D eigenvalue weighted by molar-refractivity contribution is 0.0804. The summed E-state index contributed by atoms with van der Waals surface area (Å²) in [4.78, 5) is 17.0. The van der Waals surface area contributed by atoms with E-state index in [-0.39, 0.29) is 11.8 Å². The number of benzene rings is 1. The predicted octanol–water partition coefficient (Wildman–Crippen LogP) is 2.94. The van der Waals surface area contributed by atoms with Crippen LogP contribution in [0.4, 0.5) is 0 Å². The van der Waals surface area contributed by atoms with Crippen LogP contribution in [0.1, 0.15) is 36.5 Å². The molecule has 98 valence electrons. The highest BCUT2D eigenvalue weighted by Crippen LogP contribution is 2.40. The Hall–Kier alpha value is -1.74. The highest BCUT2D eigenvalue weighted by molar-refractivity contribution is 6.10.